The minimum Gasteiger partial charge on any atom is -0.497 e. The van der Waals surface area contributed by atoms with E-state index >= 15 is 0 Å². The van der Waals surface area contributed by atoms with Crippen molar-refractivity contribution in [1.29, 1.82) is 0 Å². The van der Waals surface area contributed by atoms with Crippen LogP contribution in [0.4, 0.5) is 0 Å². The molecular formula is C32H38N2O3. The molecule has 37 heavy (non-hydrogen) atoms. The molecule has 2 amide bonds. The average Bonchev–Trinajstić information content (AvgIpc) is 3.39. The predicted octanol–water partition coefficient (Wildman–Crippen LogP) is 5.55. The maximum atomic E-state index is 14.0. The van der Waals surface area contributed by atoms with Crippen LogP contribution in [-0.2, 0) is 29.0 Å². The molecule has 1 aliphatic rings. The SMILES string of the molecule is COc1cccc(CN(C(=O)Cc2cc(C)cc(C)c2)[C@H](Cc2ccccc2)C(=O)NC2CCCC2)c1. The smallest absolute Gasteiger partial charge is 0.243 e. The lowest BCUT2D eigenvalue weighted by Gasteiger charge is -2.32. The summed E-state index contributed by atoms with van der Waals surface area (Å²) in [5.74, 6) is 0.594. The van der Waals surface area contributed by atoms with E-state index < -0.39 is 6.04 Å². The lowest BCUT2D eigenvalue weighted by Crippen LogP contribution is -2.52. The molecule has 0 unspecified atom stereocenters. The fourth-order valence-corrected chi connectivity index (χ4v) is 5.34. The van der Waals surface area contributed by atoms with Gasteiger partial charge in [0, 0.05) is 19.0 Å². The van der Waals surface area contributed by atoms with Crippen molar-refractivity contribution in [3.63, 3.8) is 0 Å². The van der Waals surface area contributed by atoms with Gasteiger partial charge in [0.1, 0.15) is 11.8 Å². The Hall–Kier alpha value is -3.60. The van der Waals surface area contributed by atoms with Crippen LogP contribution in [-0.4, -0.2) is 35.9 Å². The van der Waals surface area contributed by atoms with Crippen LogP contribution in [0.2, 0.25) is 0 Å². The quantitative estimate of drug-likeness (QED) is 0.399. The highest BCUT2D eigenvalue weighted by atomic mass is 16.5. The van der Waals surface area contributed by atoms with Crippen molar-refractivity contribution in [3.05, 3.63) is 101 Å². The second kappa shape index (κ2) is 12.6. The highest BCUT2D eigenvalue weighted by Crippen LogP contribution is 2.22. The molecule has 0 aliphatic heterocycles. The van der Waals surface area contributed by atoms with E-state index in [4.69, 9.17) is 4.74 Å². The van der Waals surface area contributed by atoms with E-state index in [1.165, 1.54) is 0 Å². The van der Waals surface area contributed by atoms with Gasteiger partial charge in [0.15, 0.2) is 0 Å². The molecule has 1 N–H and O–H groups in total. The number of carbonyl (C=O) groups is 2. The van der Waals surface area contributed by atoms with E-state index in [1.807, 2.05) is 68.4 Å². The first kappa shape index (κ1) is 26.5. The fraction of sp³-hybridized carbons (Fsp3) is 0.375. The van der Waals surface area contributed by atoms with Gasteiger partial charge in [0.05, 0.1) is 13.5 Å². The maximum Gasteiger partial charge on any atom is 0.243 e. The highest BCUT2D eigenvalue weighted by Gasteiger charge is 2.32. The largest absolute Gasteiger partial charge is 0.497 e. The molecule has 0 bridgehead atoms. The van der Waals surface area contributed by atoms with Crippen molar-refractivity contribution in [1.82, 2.24) is 10.2 Å². The normalized spacial score (nSPS) is 14.2. The van der Waals surface area contributed by atoms with Crippen LogP contribution in [0.15, 0.2) is 72.8 Å². The summed E-state index contributed by atoms with van der Waals surface area (Å²) in [7, 11) is 1.63. The Balaban J connectivity index is 1.68. The predicted molar refractivity (Wildman–Crippen MR) is 147 cm³/mol. The van der Waals surface area contributed by atoms with E-state index in [-0.39, 0.29) is 24.3 Å². The number of hydrogen-bond acceptors (Lipinski definition) is 3. The van der Waals surface area contributed by atoms with Gasteiger partial charge in [0.25, 0.3) is 0 Å². The Morgan fingerprint density at radius 2 is 1.57 bits per heavy atom. The number of carbonyl (C=O) groups excluding carboxylic acids is 2. The third kappa shape index (κ3) is 7.45. The highest BCUT2D eigenvalue weighted by molar-refractivity contribution is 5.89. The van der Waals surface area contributed by atoms with Crippen LogP contribution >= 0.6 is 0 Å². The molecule has 1 saturated carbocycles. The number of aryl methyl sites for hydroxylation is 2. The molecule has 5 nitrogen and oxygen atoms in total. The number of methoxy groups -OCH3 is 1. The standard InChI is InChI=1S/C32H38N2O3/c1-23-16-24(2)18-27(17-23)21-31(35)34(22-26-12-9-15-29(19-26)37-3)30(20-25-10-5-4-6-11-25)32(36)33-28-13-7-8-14-28/h4-6,9-12,15-19,28,30H,7-8,13-14,20-22H2,1-3H3,(H,33,36)/t30-/m1/s1. The van der Waals surface area contributed by atoms with Crippen LogP contribution < -0.4 is 10.1 Å². The van der Waals surface area contributed by atoms with Crippen molar-refractivity contribution >= 4 is 11.8 Å². The molecule has 4 rings (SSSR count). The van der Waals surface area contributed by atoms with Gasteiger partial charge < -0.3 is 15.0 Å². The molecule has 3 aromatic rings. The van der Waals surface area contributed by atoms with Gasteiger partial charge >= 0.3 is 0 Å². The summed E-state index contributed by atoms with van der Waals surface area (Å²) in [4.78, 5) is 29.5. The fourth-order valence-electron chi connectivity index (χ4n) is 5.34. The van der Waals surface area contributed by atoms with E-state index in [0.717, 1.165) is 59.3 Å². The zero-order valence-electron chi connectivity index (χ0n) is 22.2. The average molecular weight is 499 g/mol. The molecule has 194 valence electrons. The molecule has 1 fully saturated rings. The minimum absolute atomic E-state index is 0.0599. The van der Waals surface area contributed by atoms with Crippen LogP contribution in [0.5, 0.6) is 5.75 Å². The number of ether oxygens (including phenoxy) is 1. The van der Waals surface area contributed by atoms with E-state index in [9.17, 15) is 9.59 Å². The van der Waals surface area contributed by atoms with Gasteiger partial charge in [-0.3, -0.25) is 9.59 Å². The van der Waals surface area contributed by atoms with Gasteiger partial charge in [0.2, 0.25) is 11.8 Å². The van der Waals surface area contributed by atoms with Crippen molar-refractivity contribution in [2.24, 2.45) is 0 Å². The summed E-state index contributed by atoms with van der Waals surface area (Å²) in [6, 6.07) is 23.5. The summed E-state index contributed by atoms with van der Waals surface area (Å²) in [5, 5.41) is 3.27. The number of hydrogen-bond donors (Lipinski definition) is 1. The van der Waals surface area contributed by atoms with Gasteiger partial charge in [-0.15, -0.1) is 0 Å². The first-order chi connectivity index (χ1) is 17.9. The Morgan fingerprint density at radius 1 is 0.892 bits per heavy atom. The second-order valence-electron chi connectivity index (χ2n) is 10.2. The molecule has 0 aromatic heterocycles. The van der Waals surface area contributed by atoms with Gasteiger partial charge in [-0.1, -0.05) is 84.6 Å². The van der Waals surface area contributed by atoms with Crippen LogP contribution in [0.3, 0.4) is 0 Å². The summed E-state index contributed by atoms with van der Waals surface area (Å²) < 4.78 is 5.43. The van der Waals surface area contributed by atoms with E-state index in [1.54, 1.807) is 12.0 Å². The summed E-state index contributed by atoms with van der Waals surface area (Å²) in [6.07, 6.45) is 4.96. The Kier molecular flexibility index (Phi) is 8.99. The van der Waals surface area contributed by atoms with Gasteiger partial charge in [-0.25, -0.2) is 0 Å². The number of benzene rings is 3. The minimum atomic E-state index is -0.618. The number of nitrogens with zero attached hydrogens (tertiary/aromatic N) is 1. The monoisotopic (exact) mass is 498 g/mol. The Bertz CT molecular complexity index is 1180. The molecule has 0 radical (unpaired) electrons. The molecule has 1 atom stereocenters. The van der Waals surface area contributed by atoms with Crippen LogP contribution in [0.1, 0.15) is 53.5 Å². The lowest BCUT2D eigenvalue weighted by molar-refractivity contribution is -0.141. The second-order valence-corrected chi connectivity index (χ2v) is 10.2. The zero-order chi connectivity index (χ0) is 26.2. The number of nitrogens with one attached hydrogen (secondary N) is 1. The van der Waals surface area contributed by atoms with Crippen LogP contribution in [0, 0.1) is 13.8 Å². The third-order valence-corrected chi connectivity index (χ3v) is 7.10. The summed E-state index contributed by atoms with van der Waals surface area (Å²) >= 11 is 0. The third-order valence-electron chi connectivity index (χ3n) is 7.10. The van der Waals surface area contributed by atoms with Gasteiger partial charge in [-0.05, 0) is 55.5 Å². The Labute approximate surface area is 220 Å². The first-order valence-corrected chi connectivity index (χ1v) is 13.2. The summed E-state index contributed by atoms with van der Waals surface area (Å²) in [5.41, 5.74) is 5.18. The number of rotatable bonds is 10. The molecule has 3 aromatic carbocycles. The van der Waals surface area contributed by atoms with Crippen molar-refractivity contribution < 1.29 is 14.3 Å². The maximum absolute atomic E-state index is 14.0. The molecular weight excluding hydrogens is 460 g/mol. The molecule has 0 heterocycles. The zero-order valence-corrected chi connectivity index (χ0v) is 22.2. The van der Waals surface area contributed by atoms with Crippen molar-refractivity contribution in [3.8, 4) is 5.75 Å². The number of amides is 2. The molecule has 0 saturated heterocycles. The summed E-state index contributed by atoms with van der Waals surface area (Å²) in [6.45, 7) is 4.42. The molecule has 5 heteroatoms. The van der Waals surface area contributed by atoms with E-state index in [0.29, 0.717) is 13.0 Å². The topological polar surface area (TPSA) is 58.6 Å². The first-order valence-electron chi connectivity index (χ1n) is 13.2. The lowest BCUT2D eigenvalue weighted by atomic mass is 10.00. The molecule has 0 spiro atoms. The van der Waals surface area contributed by atoms with Crippen LogP contribution in [0.25, 0.3) is 0 Å². The van der Waals surface area contributed by atoms with Crippen molar-refractivity contribution in [2.75, 3.05) is 7.11 Å². The van der Waals surface area contributed by atoms with Gasteiger partial charge in [-0.2, -0.15) is 0 Å². The Morgan fingerprint density at radius 3 is 2.24 bits per heavy atom. The van der Waals surface area contributed by atoms with Crippen molar-refractivity contribution in [2.45, 2.75) is 71.0 Å². The molecule has 1 aliphatic carbocycles. The van der Waals surface area contributed by atoms with E-state index in [2.05, 4.69) is 23.5 Å².